The summed E-state index contributed by atoms with van der Waals surface area (Å²) in [7, 11) is 0. The molecule has 23 heavy (non-hydrogen) atoms. The fraction of sp³-hybridized carbons (Fsp3) is 0.312. The molecule has 1 aromatic carbocycles. The summed E-state index contributed by atoms with van der Waals surface area (Å²) < 4.78 is 7.26. The topological polar surface area (TPSA) is 56.1 Å². The number of fused-ring (bicyclic) bond motifs is 1. The van der Waals surface area contributed by atoms with Crippen molar-refractivity contribution in [1.29, 1.82) is 0 Å². The van der Waals surface area contributed by atoms with Crippen LogP contribution in [0.15, 0.2) is 30.7 Å². The normalized spacial score (nSPS) is 15.3. The van der Waals surface area contributed by atoms with Crippen LogP contribution in [0.2, 0.25) is 5.02 Å². The van der Waals surface area contributed by atoms with Crippen molar-refractivity contribution >= 4 is 28.5 Å². The molecular formula is C16H16ClN5O. The van der Waals surface area contributed by atoms with Crippen molar-refractivity contribution in [2.24, 2.45) is 0 Å². The second-order valence-electron chi connectivity index (χ2n) is 5.52. The number of aryl methyl sites for hydroxylation is 1. The monoisotopic (exact) mass is 329 g/mol. The third-order valence-corrected chi connectivity index (χ3v) is 4.28. The third kappa shape index (κ3) is 2.54. The number of hydrogen-bond acceptors (Lipinski definition) is 5. The Labute approximate surface area is 138 Å². The van der Waals surface area contributed by atoms with E-state index >= 15 is 0 Å². The molecule has 0 unspecified atom stereocenters. The maximum atomic E-state index is 6.05. The zero-order chi connectivity index (χ0) is 15.8. The number of rotatable bonds is 2. The molecule has 0 radical (unpaired) electrons. The molecule has 7 heteroatoms. The van der Waals surface area contributed by atoms with Crippen molar-refractivity contribution in [3.8, 4) is 5.69 Å². The zero-order valence-electron chi connectivity index (χ0n) is 12.7. The molecule has 1 aliphatic heterocycles. The Morgan fingerprint density at radius 3 is 2.78 bits per heavy atom. The number of morpholine rings is 1. The molecule has 0 atom stereocenters. The molecule has 6 nitrogen and oxygen atoms in total. The summed E-state index contributed by atoms with van der Waals surface area (Å²) in [5, 5.41) is 6.19. The van der Waals surface area contributed by atoms with E-state index < -0.39 is 0 Å². The molecule has 1 saturated heterocycles. The predicted octanol–water partition coefficient (Wildman–Crippen LogP) is 2.61. The number of aromatic nitrogens is 4. The fourth-order valence-electron chi connectivity index (χ4n) is 2.89. The van der Waals surface area contributed by atoms with Gasteiger partial charge in [0.1, 0.15) is 12.1 Å². The Morgan fingerprint density at radius 2 is 2.00 bits per heavy atom. The van der Waals surface area contributed by atoms with Crippen LogP contribution in [0.4, 0.5) is 5.82 Å². The molecule has 0 saturated carbocycles. The van der Waals surface area contributed by atoms with E-state index in [1.165, 1.54) is 0 Å². The first kappa shape index (κ1) is 14.4. The van der Waals surface area contributed by atoms with E-state index in [-0.39, 0.29) is 0 Å². The number of halogens is 1. The van der Waals surface area contributed by atoms with E-state index in [0.717, 1.165) is 54.4 Å². The molecule has 2 aromatic heterocycles. The molecule has 0 N–H and O–H groups in total. The molecule has 3 aromatic rings. The van der Waals surface area contributed by atoms with Gasteiger partial charge in [0.25, 0.3) is 0 Å². The Hall–Kier alpha value is -2.18. The first-order valence-electron chi connectivity index (χ1n) is 7.52. The molecule has 3 heterocycles. The molecule has 0 bridgehead atoms. The number of nitrogens with zero attached hydrogens (tertiary/aromatic N) is 5. The van der Waals surface area contributed by atoms with Crippen LogP contribution in [0.5, 0.6) is 0 Å². The lowest BCUT2D eigenvalue weighted by Crippen LogP contribution is -2.36. The van der Waals surface area contributed by atoms with Gasteiger partial charge in [-0.3, -0.25) is 0 Å². The highest BCUT2D eigenvalue weighted by Crippen LogP contribution is 2.27. The van der Waals surface area contributed by atoms with E-state index in [1.54, 1.807) is 6.33 Å². The van der Waals surface area contributed by atoms with E-state index in [9.17, 15) is 0 Å². The molecule has 1 fully saturated rings. The second kappa shape index (κ2) is 5.79. The lowest BCUT2D eigenvalue weighted by Gasteiger charge is -2.27. The maximum absolute atomic E-state index is 6.05. The van der Waals surface area contributed by atoms with Crippen molar-refractivity contribution < 1.29 is 4.74 Å². The minimum Gasteiger partial charge on any atom is -0.378 e. The minimum atomic E-state index is 0.714. The van der Waals surface area contributed by atoms with Crippen molar-refractivity contribution in [2.45, 2.75) is 6.92 Å². The Balaban J connectivity index is 1.84. The third-order valence-electron chi connectivity index (χ3n) is 4.04. The van der Waals surface area contributed by atoms with Crippen LogP contribution in [-0.4, -0.2) is 46.1 Å². The van der Waals surface area contributed by atoms with Crippen LogP contribution in [0, 0.1) is 6.92 Å². The smallest absolute Gasteiger partial charge is 0.168 e. The molecule has 0 amide bonds. The largest absolute Gasteiger partial charge is 0.378 e. The average Bonchev–Trinajstić information content (AvgIpc) is 2.99. The highest BCUT2D eigenvalue weighted by Gasteiger charge is 2.18. The standard InChI is InChI=1S/C16H16ClN5O/c1-11-8-12(17)2-3-14(11)22-16-13(9-20-22)15(18-10-19-16)21-4-6-23-7-5-21/h2-3,8-10H,4-7H2,1H3. The van der Waals surface area contributed by atoms with Gasteiger partial charge in [-0.2, -0.15) is 5.10 Å². The van der Waals surface area contributed by atoms with Crippen LogP contribution in [0.25, 0.3) is 16.7 Å². The average molecular weight is 330 g/mol. The SMILES string of the molecule is Cc1cc(Cl)ccc1-n1ncc2c(N3CCOCC3)ncnc21. The van der Waals surface area contributed by atoms with Crippen LogP contribution >= 0.6 is 11.6 Å². The van der Waals surface area contributed by atoms with E-state index in [1.807, 2.05) is 36.0 Å². The van der Waals surface area contributed by atoms with E-state index in [2.05, 4.69) is 20.0 Å². The van der Waals surface area contributed by atoms with Gasteiger partial charge in [0, 0.05) is 18.1 Å². The number of benzene rings is 1. The lowest BCUT2D eigenvalue weighted by atomic mass is 10.2. The van der Waals surface area contributed by atoms with Crippen molar-refractivity contribution in [3.05, 3.63) is 41.3 Å². The fourth-order valence-corrected chi connectivity index (χ4v) is 3.12. The molecule has 0 aliphatic carbocycles. The van der Waals surface area contributed by atoms with Crippen LogP contribution in [0.3, 0.4) is 0 Å². The Kier molecular flexibility index (Phi) is 3.63. The Morgan fingerprint density at radius 1 is 1.17 bits per heavy atom. The van der Waals surface area contributed by atoms with Gasteiger partial charge in [-0.1, -0.05) is 11.6 Å². The minimum absolute atomic E-state index is 0.714. The molecule has 118 valence electrons. The van der Waals surface area contributed by atoms with Crippen LogP contribution in [0.1, 0.15) is 5.56 Å². The zero-order valence-corrected chi connectivity index (χ0v) is 13.5. The number of anilines is 1. The predicted molar refractivity (Wildman–Crippen MR) is 89.4 cm³/mol. The quantitative estimate of drug-likeness (QED) is 0.723. The highest BCUT2D eigenvalue weighted by atomic mass is 35.5. The summed E-state index contributed by atoms with van der Waals surface area (Å²) in [4.78, 5) is 11.1. The maximum Gasteiger partial charge on any atom is 0.168 e. The van der Waals surface area contributed by atoms with Crippen LogP contribution < -0.4 is 4.90 Å². The lowest BCUT2D eigenvalue weighted by molar-refractivity contribution is 0.122. The summed E-state index contributed by atoms with van der Waals surface area (Å²) in [6, 6.07) is 5.75. The number of hydrogen-bond donors (Lipinski definition) is 0. The highest BCUT2D eigenvalue weighted by molar-refractivity contribution is 6.30. The number of ether oxygens (including phenoxy) is 1. The molecule has 1 aliphatic rings. The van der Waals surface area contributed by atoms with Crippen molar-refractivity contribution in [2.75, 3.05) is 31.2 Å². The van der Waals surface area contributed by atoms with Crippen LogP contribution in [-0.2, 0) is 4.74 Å². The van der Waals surface area contributed by atoms with Gasteiger partial charge in [-0.15, -0.1) is 0 Å². The molecular weight excluding hydrogens is 314 g/mol. The van der Waals surface area contributed by atoms with Gasteiger partial charge in [-0.05, 0) is 30.7 Å². The summed E-state index contributed by atoms with van der Waals surface area (Å²) in [5.74, 6) is 0.913. The van der Waals surface area contributed by atoms with Gasteiger partial charge in [0.15, 0.2) is 5.65 Å². The van der Waals surface area contributed by atoms with Crippen molar-refractivity contribution in [3.63, 3.8) is 0 Å². The van der Waals surface area contributed by atoms with Gasteiger partial charge in [-0.25, -0.2) is 14.6 Å². The van der Waals surface area contributed by atoms with Gasteiger partial charge in [0.05, 0.1) is 30.5 Å². The Bertz CT molecular complexity index is 857. The molecule has 4 rings (SSSR count). The summed E-state index contributed by atoms with van der Waals surface area (Å²) in [6.45, 7) is 5.11. The van der Waals surface area contributed by atoms with E-state index in [0.29, 0.717) is 5.02 Å². The van der Waals surface area contributed by atoms with Gasteiger partial charge in [0.2, 0.25) is 0 Å². The summed E-state index contributed by atoms with van der Waals surface area (Å²) >= 11 is 6.05. The molecule has 0 spiro atoms. The first-order valence-corrected chi connectivity index (χ1v) is 7.90. The second-order valence-corrected chi connectivity index (χ2v) is 5.96. The van der Waals surface area contributed by atoms with Crippen molar-refractivity contribution in [1.82, 2.24) is 19.7 Å². The summed E-state index contributed by atoms with van der Waals surface area (Å²) in [6.07, 6.45) is 3.42. The van der Waals surface area contributed by atoms with E-state index in [4.69, 9.17) is 16.3 Å². The van der Waals surface area contributed by atoms with Gasteiger partial charge < -0.3 is 9.64 Å². The first-order chi connectivity index (χ1) is 11.2. The summed E-state index contributed by atoms with van der Waals surface area (Å²) in [5.41, 5.74) is 2.82. The van der Waals surface area contributed by atoms with Gasteiger partial charge >= 0.3 is 0 Å².